The van der Waals surface area contributed by atoms with Crippen LogP contribution in [-0.4, -0.2) is 109 Å². The molecule has 2 saturated heterocycles. The summed E-state index contributed by atoms with van der Waals surface area (Å²) in [6, 6.07) is 10.2. The number of hydrogen-bond acceptors (Lipinski definition) is 9. The van der Waals surface area contributed by atoms with E-state index in [4.69, 9.17) is 9.47 Å². The number of rotatable bonds is 8. The molecule has 2 aliphatic heterocycles. The molecule has 44 heavy (non-hydrogen) atoms. The van der Waals surface area contributed by atoms with E-state index < -0.39 is 51.8 Å². The number of esters is 1. The van der Waals surface area contributed by atoms with Gasteiger partial charge in [-0.2, -0.15) is 4.31 Å². The predicted octanol–water partition coefficient (Wildman–Crippen LogP) is 1.93. The molecular weight excluding hydrogens is 588 g/mol. The predicted molar refractivity (Wildman–Crippen MR) is 162 cm³/mol. The van der Waals surface area contributed by atoms with E-state index in [1.54, 1.807) is 62.1 Å². The summed E-state index contributed by atoms with van der Waals surface area (Å²) in [4.78, 5) is 43.1. The van der Waals surface area contributed by atoms with Gasteiger partial charge in [-0.05, 0) is 71.0 Å². The Bertz CT molecular complexity index is 1430. The van der Waals surface area contributed by atoms with Crippen molar-refractivity contribution in [3.8, 4) is 5.75 Å². The van der Waals surface area contributed by atoms with Crippen molar-refractivity contribution < 1.29 is 37.4 Å². The van der Waals surface area contributed by atoms with Crippen LogP contribution < -0.4 is 10.1 Å². The maximum absolute atomic E-state index is 13.6. The van der Waals surface area contributed by atoms with E-state index >= 15 is 0 Å². The van der Waals surface area contributed by atoms with E-state index in [1.165, 1.54) is 12.1 Å². The Labute approximate surface area is 259 Å². The second kappa shape index (κ2) is 13.6. The molecule has 2 fully saturated rings. The van der Waals surface area contributed by atoms with Crippen LogP contribution in [0.4, 0.5) is 4.79 Å². The van der Waals surface area contributed by atoms with Crippen LogP contribution in [0.3, 0.4) is 0 Å². The smallest absolute Gasteiger partial charge is 0.415 e. The molecule has 2 aliphatic rings. The monoisotopic (exact) mass is 630 g/mol. The second-order valence-electron chi connectivity index (χ2n) is 12.3. The van der Waals surface area contributed by atoms with Gasteiger partial charge in [0.05, 0.1) is 11.0 Å². The van der Waals surface area contributed by atoms with E-state index in [1.807, 2.05) is 14.0 Å². The van der Waals surface area contributed by atoms with Crippen LogP contribution in [0.1, 0.15) is 38.3 Å². The van der Waals surface area contributed by atoms with E-state index in [0.29, 0.717) is 24.4 Å². The zero-order chi connectivity index (χ0) is 32.2. The van der Waals surface area contributed by atoms with E-state index in [0.717, 1.165) is 23.0 Å². The largest absolute Gasteiger partial charge is 0.458 e. The maximum atomic E-state index is 13.6. The molecule has 12 nitrogen and oxygen atoms in total. The maximum Gasteiger partial charge on any atom is 0.415 e. The molecule has 0 saturated carbocycles. The number of hydrogen-bond donors (Lipinski definition) is 2. The number of ether oxygens (including phenoxy) is 2. The molecule has 4 rings (SSSR count). The van der Waals surface area contributed by atoms with Crippen LogP contribution in [0.15, 0.2) is 53.4 Å². The molecule has 2 aromatic carbocycles. The molecule has 0 bridgehead atoms. The van der Waals surface area contributed by atoms with Gasteiger partial charge in [0.1, 0.15) is 23.4 Å². The first-order chi connectivity index (χ1) is 20.6. The van der Waals surface area contributed by atoms with Crippen molar-refractivity contribution in [1.29, 1.82) is 0 Å². The Morgan fingerprint density at radius 2 is 1.59 bits per heavy atom. The van der Waals surface area contributed by atoms with Gasteiger partial charge in [0.2, 0.25) is 15.9 Å². The first kappa shape index (κ1) is 33.4. The highest BCUT2D eigenvalue weighted by Crippen LogP contribution is 2.27. The Morgan fingerprint density at radius 1 is 0.977 bits per heavy atom. The molecule has 0 spiro atoms. The fraction of sp³-hybridized carbons (Fsp3) is 0.516. The first-order valence-electron chi connectivity index (χ1n) is 14.7. The van der Waals surface area contributed by atoms with Crippen LogP contribution in [0.2, 0.25) is 0 Å². The molecule has 2 N–H and O–H groups in total. The molecule has 3 atom stereocenters. The lowest BCUT2D eigenvalue weighted by molar-refractivity contribution is -0.159. The summed E-state index contributed by atoms with van der Waals surface area (Å²) in [5, 5.41) is 13.3. The molecule has 0 aliphatic carbocycles. The van der Waals surface area contributed by atoms with Crippen molar-refractivity contribution in [3.05, 3.63) is 59.7 Å². The highest BCUT2D eigenvalue weighted by atomic mass is 32.2. The fourth-order valence-electron chi connectivity index (χ4n) is 5.08. The van der Waals surface area contributed by atoms with Gasteiger partial charge >= 0.3 is 12.1 Å². The molecule has 0 radical (unpaired) electrons. The number of aliphatic hydroxyl groups excluding tert-OH is 1. The number of nitrogens with zero attached hydrogens (tertiary/aromatic N) is 3. The molecule has 13 heteroatoms. The van der Waals surface area contributed by atoms with Gasteiger partial charge in [0.15, 0.2) is 0 Å². The lowest BCUT2D eigenvalue weighted by Crippen LogP contribution is -2.55. The van der Waals surface area contributed by atoms with Crippen molar-refractivity contribution in [3.63, 3.8) is 0 Å². The molecule has 2 amide bonds. The molecule has 2 heterocycles. The number of piperazine rings is 1. The lowest BCUT2D eigenvalue weighted by Gasteiger charge is -2.31. The van der Waals surface area contributed by atoms with Gasteiger partial charge in [-0.3, -0.25) is 4.79 Å². The van der Waals surface area contributed by atoms with Crippen LogP contribution in [0.5, 0.6) is 5.75 Å². The van der Waals surface area contributed by atoms with Gasteiger partial charge in [0.25, 0.3) is 0 Å². The molecule has 1 unspecified atom stereocenters. The number of likely N-dealkylation sites (N-methyl/N-ethyl adjacent to an activating group) is 1. The zero-order valence-electron chi connectivity index (χ0n) is 25.9. The summed E-state index contributed by atoms with van der Waals surface area (Å²) >= 11 is 0. The topological polar surface area (TPSA) is 146 Å². The summed E-state index contributed by atoms with van der Waals surface area (Å²) < 4.78 is 38.9. The third-order valence-corrected chi connectivity index (χ3v) is 9.45. The van der Waals surface area contributed by atoms with Crippen molar-refractivity contribution >= 4 is 28.0 Å². The number of aliphatic hydroxyl groups is 1. The normalized spacial score (nSPS) is 20.6. The number of nitrogens with one attached hydrogen (secondary N) is 1. The third-order valence-electron chi connectivity index (χ3n) is 7.55. The second-order valence-corrected chi connectivity index (χ2v) is 14.2. The van der Waals surface area contributed by atoms with Crippen LogP contribution >= 0.6 is 0 Å². The molecule has 2 aromatic rings. The molecule has 240 valence electrons. The summed E-state index contributed by atoms with van der Waals surface area (Å²) in [7, 11) is -2.11. The third kappa shape index (κ3) is 8.35. The Hall–Kier alpha value is -3.52. The van der Waals surface area contributed by atoms with E-state index in [9.17, 15) is 27.9 Å². The fourth-order valence-corrected chi connectivity index (χ4v) is 6.71. The summed E-state index contributed by atoms with van der Waals surface area (Å²) in [6.45, 7) is 9.54. The molecule has 0 aromatic heterocycles. The zero-order valence-corrected chi connectivity index (χ0v) is 26.7. The average molecular weight is 631 g/mol. The summed E-state index contributed by atoms with van der Waals surface area (Å²) in [5.41, 5.74) is 0.660. The number of benzene rings is 2. The van der Waals surface area contributed by atoms with Gasteiger partial charge in [0, 0.05) is 39.1 Å². The minimum atomic E-state index is -4.10. The van der Waals surface area contributed by atoms with Crippen molar-refractivity contribution in [2.45, 2.75) is 69.2 Å². The van der Waals surface area contributed by atoms with E-state index in [2.05, 4.69) is 10.2 Å². The van der Waals surface area contributed by atoms with Gasteiger partial charge < -0.3 is 29.7 Å². The Balaban J connectivity index is 1.49. The highest BCUT2D eigenvalue weighted by Gasteiger charge is 2.46. The quantitative estimate of drug-likeness (QED) is 0.418. The highest BCUT2D eigenvalue weighted by molar-refractivity contribution is 7.89. The van der Waals surface area contributed by atoms with Crippen LogP contribution in [0.25, 0.3) is 0 Å². The van der Waals surface area contributed by atoms with Crippen LogP contribution in [-0.2, 0) is 30.8 Å². The number of carbonyl (C=O) groups is 3. The summed E-state index contributed by atoms with van der Waals surface area (Å²) in [5.74, 6) is -1.18. The minimum Gasteiger partial charge on any atom is -0.458 e. The van der Waals surface area contributed by atoms with Gasteiger partial charge in [-0.15, -0.1) is 0 Å². The van der Waals surface area contributed by atoms with Crippen molar-refractivity contribution in [1.82, 2.24) is 19.4 Å². The number of aryl methyl sites for hydroxylation is 1. The average Bonchev–Trinajstić information content (AvgIpc) is 3.35. The van der Waals surface area contributed by atoms with Gasteiger partial charge in [-0.25, -0.2) is 18.0 Å². The number of sulfonamides is 1. The van der Waals surface area contributed by atoms with Crippen LogP contribution in [0, 0.1) is 6.92 Å². The number of carbonyl (C=O) groups excluding carboxylic acids is 3. The van der Waals surface area contributed by atoms with E-state index in [-0.39, 0.29) is 24.3 Å². The Morgan fingerprint density at radius 3 is 2.18 bits per heavy atom. The van der Waals surface area contributed by atoms with Crippen molar-refractivity contribution in [2.75, 3.05) is 39.8 Å². The molecular formula is C31H42N4O8S. The standard InChI is InChI=1S/C31H42N4O8S/c1-21-6-12-24(13-7-21)44(40,41)35-15-14-26(36)27(35)28(37)32-25(29(38)43-31(2,3)4)20-22-8-10-23(11-9-22)42-30(39)34-18-16-33(5)17-19-34/h6-13,25-27,36H,14-20H2,1-5H3,(H,32,37)/t25-,26?,27-/m0/s1. The summed E-state index contributed by atoms with van der Waals surface area (Å²) in [6.07, 6.45) is -1.62. The first-order valence-corrected chi connectivity index (χ1v) is 16.1. The Kier molecular flexibility index (Phi) is 10.3. The van der Waals surface area contributed by atoms with Crippen molar-refractivity contribution in [2.24, 2.45) is 0 Å². The minimum absolute atomic E-state index is 0.00658. The SMILES string of the molecule is Cc1ccc(S(=O)(=O)N2CCC(O)[C@H]2C(=O)N[C@@H](Cc2ccc(OC(=O)N3CCN(C)CC3)cc2)C(=O)OC(C)(C)C)cc1. The number of amides is 2. The van der Waals surface area contributed by atoms with Gasteiger partial charge in [-0.1, -0.05) is 29.8 Å². The lowest BCUT2D eigenvalue weighted by atomic mass is 10.0.